The Balaban J connectivity index is 2.45. The molecule has 0 aromatic rings. The number of piperidine rings is 1. The second-order valence-electron chi connectivity index (χ2n) is 4.87. The monoisotopic (exact) mass is 213 g/mol. The molecule has 1 saturated heterocycles. The molecule has 1 heterocycles. The molecule has 88 valence electrons. The summed E-state index contributed by atoms with van der Waals surface area (Å²) in [4.78, 5) is 13.3. The minimum Gasteiger partial charge on any atom is -0.481 e. The molecule has 0 aromatic heterocycles. The van der Waals surface area contributed by atoms with Crippen LogP contribution in [-0.2, 0) is 4.79 Å². The van der Waals surface area contributed by atoms with E-state index in [1.54, 1.807) is 0 Å². The molecule has 1 atom stereocenters. The molecule has 0 aromatic carbocycles. The smallest absolute Gasteiger partial charge is 0.306 e. The van der Waals surface area contributed by atoms with Crippen molar-refractivity contribution in [1.82, 2.24) is 4.90 Å². The average Bonchev–Trinajstić information content (AvgIpc) is 2.19. The molecular weight excluding hydrogens is 190 g/mol. The van der Waals surface area contributed by atoms with E-state index in [-0.39, 0.29) is 5.92 Å². The summed E-state index contributed by atoms with van der Waals surface area (Å²) in [5.41, 5.74) is 0. The van der Waals surface area contributed by atoms with Gasteiger partial charge in [-0.2, -0.15) is 0 Å². The van der Waals surface area contributed by atoms with Crippen molar-refractivity contribution in [2.45, 2.75) is 46.1 Å². The fourth-order valence-electron chi connectivity index (χ4n) is 2.63. The van der Waals surface area contributed by atoms with Crippen molar-refractivity contribution in [3.63, 3.8) is 0 Å². The highest BCUT2D eigenvalue weighted by Crippen LogP contribution is 2.23. The summed E-state index contributed by atoms with van der Waals surface area (Å²) in [5.74, 6) is -0.0606. The van der Waals surface area contributed by atoms with Gasteiger partial charge in [0.1, 0.15) is 0 Å². The van der Waals surface area contributed by atoms with E-state index in [1.807, 2.05) is 0 Å². The Bertz CT molecular complexity index is 208. The van der Waals surface area contributed by atoms with E-state index in [1.165, 1.54) is 0 Å². The molecular formula is C12H23NO2. The van der Waals surface area contributed by atoms with Crippen LogP contribution in [-0.4, -0.2) is 35.1 Å². The fraction of sp³-hybridized carbons (Fsp3) is 0.917. The van der Waals surface area contributed by atoms with Gasteiger partial charge in [-0.25, -0.2) is 0 Å². The Hall–Kier alpha value is -0.570. The van der Waals surface area contributed by atoms with E-state index in [9.17, 15) is 4.79 Å². The van der Waals surface area contributed by atoms with Crippen LogP contribution in [0.2, 0.25) is 0 Å². The number of hydrogen-bond donors (Lipinski definition) is 1. The number of aliphatic carboxylic acids is 1. The van der Waals surface area contributed by atoms with Crippen LogP contribution < -0.4 is 0 Å². The van der Waals surface area contributed by atoms with Gasteiger partial charge in [-0.15, -0.1) is 0 Å². The van der Waals surface area contributed by atoms with Crippen LogP contribution in [0.1, 0.15) is 40.0 Å². The predicted molar refractivity (Wildman–Crippen MR) is 60.8 cm³/mol. The molecule has 1 N–H and O–H groups in total. The van der Waals surface area contributed by atoms with Gasteiger partial charge in [-0.05, 0) is 38.3 Å². The van der Waals surface area contributed by atoms with E-state index in [2.05, 4.69) is 25.7 Å². The van der Waals surface area contributed by atoms with Gasteiger partial charge in [0.25, 0.3) is 0 Å². The molecule has 3 heteroatoms. The maximum absolute atomic E-state index is 10.8. The molecule has 0 saturated carbocycles. The van der Waals surface area contributed by atoms with Gasteiger partial charge in [0, 0.05) is 6.04 Å². The lowest BCUT2D eigenvalue weighted by Gasteiger charge is -2.38. The van der Waals surface area contributed by atoms with Crippen LogP contribution in [0, 0.1) is 11.8 Å². The molecule has 3 nitrogen and oxygen atoms in total. The molecule has 0 amide bonds. The normalized spacial score (nSPS) is 21.9. The average molecular weight is 213 g/mol. The zero-order valence-electron chi connectivity index (χ0n) is 10.1. The Morgan fingerprint density at radius 1 is 1.40 bits per heavy atom. The Morgan fingerprint density at radius 2 is 1.93 bits per heavy atom. The maximum atomic E-state index is 10.8. The van der Waals surface area contributed by atoms with Crippen molar-refractivity contribution in [2.24, 2.45) is 11.8 Å². The molecule has 1 aliphatic heterocycles. The van der Waals surface area contributed by atoms with E-state index in [0.717, 1.165) is 32.4 Å². The van der Waals surface area contributed by atoms with Crippen LogP contribution in [0.3, 0.4) is 0 Å². The minimum atomic E-state index is -0.618. The number of hydrogen-bond acceptors (Lipinski definition) is 2. The van der Waals surface area contributed by atoms with Crippen molar-refractivity contribution in [2.75, 3.05) is 13.1 Å². The second-order valence-corrected chi connectivity index (χ2v) is 4.87. The third-order valence-electron chi connectivity index (χ3n) is 3.54. The number of rotatable bonds is 4. The van der Waals surface area contributed by atoms with E-state index >= 15 is 0 Å². The van der Waals surface area contributed by atoms with Crippen molar-refractivity contribution in [3.8, 4) is 0 Å². The van der Waals surface area contributed by atoms with Gasteiger partial charge in [0.05, 0.1) is 5.92 Å². The van der Waals surface area contributed by atoms with Crippen LogP contribution >= 0.6 is 0 Å². The lowest BCUT2D eigenvalue weighted by Crippen LogP contribution is -2.44. The Morgan fingerprint density at radius 3 is 2.27 bits per heavy atom. The summed E-state index contributed by atoms with van der Waals surface area (Å²) >= 11 is 0. The van der Waals surface area contributed by atoms with Gasteiger partial charge in [0.15, 0.2) is 0 Å². The molecule has 1 fully saturated rings. The van der Waals surface area contributed by atoms with Crippen LogP contribution in [0.5, 0.6) is 0 Å². The minimum absolute atomic E-state index is 0.106. The predicted octanol–water partition coefficient (Wildman–Crippen LogP) is 2.22. The molecule has 0 radical (unpaired) electrons. The molecule has 15 heavy (non-hydrogen) atoms. The summed E-state index contributed by atoms with van der Waals surface area (Å²) in [6.07, 6.45) is 2.80. The van der Waals surface area contributed by atoms with Gasteiger partial charge >= 0.3 is 5.97 Å². The van der Waals surface area contributed by atoms with Crippen molar-refractivity contribution in [1.29, 1.82) is 0 Å². The quantitative estimate of drug-likeness (QED) is 0.778. The molecule has 0 spiro atoms. The van der Waals surface area contributed by atoms with Gasteiger partial charge in [-0.1, -0.05) is 20.8 Å². The first-order valence-electron chi connectivity index (χ1n) is 6.03. The third-order valence-corrected chi connectivity index (χ3v) is 3.54. The van der Waals surface area contributed by atoms with Crippen molar-refractivity contribution >= 4 is 5.97 Å². The largest absolute Gasteiger partial charge is 0.481 e. The summed E-state index contributed by atoms with van der Waals surface area (Å²) in [6.45, 7) is 8.62. The highest BCUT2D eigenvalue weighted by atomic mass is 16.4. The SMILES string of the molecule is CCC(C(C)C)N1CCC(C(=O)O)CC1. The Labute approximate surface area is 92.5 Å². The molecule has 1 unspecified atom stereocenters. The van der Waals surface area contributed by atoms with Gasteiger partial charge in [0.2, 0.25) is 0 Å². The zero-order chi connectivity index (χ0) is 11.4. The summed E-state index contributed by atoms with van der Waals surface area (Å²) in [6, 6.07) is 0.625. The number of carbonyl (C=O) groups is 1. The maximum Gasteiger partial charge on any atom is 0.306 e. The van der Waals surface area contributed by atoms with E-state index < -0.39 is 5.97 Å². The van der Waals surface area contributed by atoms with Crippen molar-refractivity contribution < 1.29 is 9.90 Å². The van der Waals surface area contributed by atoms with Crippen LogP contribution in [0.15, 0.2) is 0 Å². The first-order chi connectivity index (χ1) is 7.06. The lowest BCUT2D eigenvalue weighted by molar-refractivity contribution is -0.143. The number of carboxylic acids is 1. The van der Waals surface area contributed by atoms with Crippen molar-refractivity contribution in [3.05, 3.63) is 0 Å². The summed E-state index contributed by atoms with van der Waals surface area (Å²) < 4.78 is 0. The number of nitrogens with zero attached hydrogens (tertiary/aromatic N) is 1. The number of carboxylic acid groups (broad SMARTS) is 1. The topological polar surface area (TPSA) is 40.5 Å². The second kappa shape index (κ2) is 5.50. The first-order valence-corrected chi connectivity index (χ1v) is 6.03. The zero-order valence-corrected chi connectivity index (χ0v) is 10.1. The lowest BCUT2D eigenvalue weighted by atomic mass is 9.92. The highest BCUT2D eigenvalue weighted by Gasteiger charge is 2.28. The summed E-state index contributed by atoms with van der Waals surface area (Å²) in [7, 11) is 0. The van der Waals surface area contributed by atoms with Gasteiger partial charge in [-0.3, -0.25) is 4.79 Å². The first kappa shape index (κ1) is 12.5. The third kappa shape index (κ3) is 3.20. The Kier molecular flexibility index (Phi) is 4.58. The summed E-state index contributed by atoms with van der Waals surface area (Å²) in [5, 5.41) is 8.91. The van der Waals surface area contributed by atoms with E-state index in [4.69, 9.17) is 5.11 Å². The number of likely N-dealkylation sites (tertiary alicyclic amines) is 1. The molecule has 1 rings (SSSR count). The fourth-order valence-corrected chi connectivity index (χ4v) is 2.63. The molecule has 0 bridgehead atoms. The highest BCUT2D eigenvalue weighted by molar-refractivity contribution is 5.70. The van der Waals surface area contributed by atoms with Crippen LogP contribution in [0.25, 0.3) is 0 Å². The molecule has 1 aliphatic rings. The van der Waals surface area contributed by atoms with Crippen LogP contribution in [0.4, 0.5) is 0 Å². The standard InChI is InChI=1S/C12H23NO2/c1-4-11(9(2)3)13-7-5-10(6-8-13)12(14)15/h9-11H,4-8H2,1-3H3,(H,14,15). The molecule has 0 aliphatic carbocycles. The van der Waals surface area contributed by atoms with Gasteiger partial charge < -0.3 is 10.0 Å². The van der Waals surface area contributed by atoms with E-state index in [0.29, 0.717) is 12.0 Å².